The highest BCUT2D eigenvalue weighted by molar-refractivity contribution is 7.92. The van der Waals surface area contributed by atoms with Gasteiger partial charge in [0.1, 0.15) is 5.75 Å². The van der Waals surface area contributed by atoms with Gasteiger partial charge in [-0.3, -0.25) is 4.79 Å². The molecule has 0 aromatic heterocycles. The lowest BCUT2D eigenvalue weighted by Gasteiger charge is -2.18. The molecule has 7 heteroatoms. The molecule has 2 atom stereocenters. The molecule has 28 heavy (non-hydrogen) atoms. The summed E-state index contributed by atoms with van der Waals surface area (Å²) in [6.07, 6.45) is 10.8. The number of benzene rings is 1. The molecule has 2 rings (SSSR count). The smallest absolute Gasteiger partial charge is 0.303 e. The van der Waals surface area contributed by atoms with Crippen molar-refractivity contribution in [2.45, 2.75) is 51.0 Å². The minimum atomic E-state index is -3.51. The van der Waals surface area contributed by atoms with Gasteiger partial charge in [0.2, 0.25) is 10.0 Å². The SMILES string of the molecule is COc1ccc(C=CS(=O)(=O)NC2CCCC2CC=CCCCC(=O)O)cc1. The van der Waals surface area contributed by atoms with Gasteiger partial charge in [0.15, 0.2) is 0 Å². The summed E-state index contributed by atoms with van der Waals surface area (Å²) in [7, 11) is -1.93. The van der Waals surface area contributed by atoms with Gasteiger partial charge < -0.3 is 9.84 Å². The van der Waals surface area contributed by atoms with E-state index in [4.69, 9.17) is 9.84 Å². The van der Waals surface area contributed by atoms with Crippen molar-refractivity contribution in [2.24, 2.45) is 5.92 Å². The van der Waals surface area contributed by atoms with E-state index in [1.54, 1.807) is 37.5 Å². The number of methoxy groups -OCH3 is 1. The monoisotopic (exact) mass is 407 g/mol. The molecule has 154 valence electrons. The van der Waals surface area contributed by atoms with Crippen molar-refractivity contribution >= 4 is 22.1 Å². The van der Waals surface area contributed by atoms with E-state index in [0.717, 1.165) is 43.4 Å². The molecule has 1 aromatic rings. The van der Waals surface area contributed by atoms with Gasteiger partial charge in [-0.1, -0.05) is 30.7 Å². The molecule has 0 aliphatic heterocycles. The predicted molar refractivity (Wildman–Crippen MR) is 110 cm³/mol. The topological polar surface area (TPSA) is 92.7 Å². The number of sulfonamides is 1. The van der Waals surface area contributed by atoms with Crippen molar-refractivity contribution in [3.05, 3.63) is 47.4 Å². The Balaban J connectivity index is 1.84. The summed E-state index contributed by atoms with van der Waals surface area (Å²) < 4.78 is 32.7. The van der Waals surface area contributed by atoms with Crippen LogP contribution in [-0.4, -0.2) is 32.6 Å². The molecule has 1 aliphatic carbocycles. The number of allylic oxidation sites excluding steroid dienone is 2. The Hall–Kier alpha value is -2.12. The highest BCUT2D eigenvalue weighted by atomic mass is 32.2. The standard InChI is InChI=1S/C21H29NO5S/c1-27-19-13-11-17(12-14-19)15-16-28(25,26)22-20-9-6-8-18(20)7-4-2-3-5-10-21(23)24/h2,4,11-16,18,20,22H,3,5-10H2,1H3,(H,23,24). The van der Waals surface area contributed by atoms with Crippen LogP contribution >= 0.6 is 0 Å². The molecule has 1 aromatic carbocycles. The third kappa shape index (κ3) is 7.86. The number of carboxylic acids is 1. The van der Waals surface area contributed by atoms with E-state index in [0.29, 0.717) is 6.42 Å². The second-order valence-corrected chi connectivity index (χ2v) is 8.63. The number of carboxylic acid groups (broad SMARTS) is 1. The summed E-state index contributed by atoms with van der Waals surface area (Å²) >= 11 is 0. The van der Waals surface area contributed by atoms with Gasteiger partial charge in [-0.05, 0) is 61.8 Å². The summed E-state index contributed by atoms with van der Waals surface area (Å²) in [5.74, 6) is 0.226. The molecule has 2 unspecified atom stereocenters. The van der Waals surface area contributed by atoms with Crippen LogP contribution in [0, 0.1) is 5.92 Å². The molecule has 1 saturated carbocycles. The van der Waals surface area contributed by atoms with Gasteiger partial charge in [-0.2, -0.15) is 0 Å². The van der Waals surface area contributed by atoms with Crippen LogP contribution in [0.25, 0.3) is 6.08 Å². The number of hydrogen-bond acceptors (Lipinski definition) is 4. The molecule has 1 fully saturated rings. The van der Waals surface area contributed by atoms with E-state index in [1.165, 1.54) is 5.41 Å². The minimum Gasteiger partial charge on any atom is -0.497 e. The molecule has 0 bridgehead atoms. The summed E-state index contributed by atoms with van der Waals surface area (Å²) in [6, 6.07) is 7.12. The van der Waals surface area contributed by atoms with Crippen LogP contribution in [0.5, 0.6) is 5.75 Å². The maximum absolute atomic E-state index is 12.4. The summed E-state index contributed by atoms with van der Waals surface area (Å²) in [5.41, 5.74) is 0.790. The third-order valence-corrected chi connectivity index (χ3v) is 6.02. The second-order valence-electron chi connectivity index (χ2n) is 7.03. The van der Waals surface area contributed by atoms with Crippen molar-refractivity contribution < 1.29 is 23.1 Å². The summed E-state index contributed by atoms with van der Waals surface area (Å²) in [4.78, 5) is 10.5. The number of carbonyl (C=O) groups is 1. The summed E-state index contributed by atoms with van der Waals surface area (Å²) in [6.45, 7) is 0. The largest absolute Gasteiger partial charge is 0.497 e. The highest BCUT2D eigenvalue weighted by Crippen LogP contribution is 2.29. The van der Waals surface area contributed by atoms with Crippen LogP contribution in [0.15, 0.2) is 41.8 Å². The predicted octanol–water partition coefficient (Wildman–Crippen LogP) is 3.96. The lowest BCUT2D eigenvalue weighted by atomic mass is 10.00. The van der Waals surface area contributed by atoms with Crippen LogP contribution in [0.3, 0.4) is 0 Å². The van der Waals surface area contributed by atoms with E-state index in [9.17, 15) is 13.2 Å². The zero-order chi connectivity index (χ0) is 20.4. The van der Waals surface area contributed by atoms with Crippen LogP contribution in [-0.2, 0) is 14.8 Å². The van der Waals surface area contributed by atoms with E-state index >= 15 is 0 Å². The molecule has 0 heterocycles. The lowest BCUT2D eigenvalue weighted by Crippen LogP contribution is -2.36. The van der Waals surface area contributed by atoms with Crippen LogP contribution in [0.1, 0.15) is 50.5 Å². The number of unbranched alkanes of at least 4 members (excludes halogenated alkanes) is 1. The number of aliphatic carboxylic acids is 1. The van der Waals surface area contributed by atoms with Crippen molar-refractivity contribution in [1.29, 1.82) is 0 Å². The molecular weight excluding hydrogens is 378 g/mol. The molecule has 0 radical (unpaired) electrons. The zero-order valence-electron chi connectivity index (χ0n) is 16.2. The molecule has 6 nitrogen and oxygen atoms in total. The Morgan fingerprint density at radius 2 is 2.00 bits per heavy atom. The highest BCUT2D eigenvalue weighted by Gasteiger charge is 2.28. The third-order valence-electron chi connectivity index (χ3n) is 4.90. The Bertz CT molecular complexity index is 784. The number of nitrogens with one attached hydrogen (secondary N) is 1. The first-order valence-electron chi connectivity index (χ1n) is 9.61. The van der Waals surface area contributed by atoms with E-state index in [1.807, 2.05) is 12.2 Å². The fraction of sp³-hybridized carbons (Fsp3) is 0.476. The first kappa shape index (κ1) is 22.2. The van der Waals surface area contributed by atoms with Gasteiger partial charge >= 0.3 is 5.97 Å². The molecular formula is C21H29NO5S. The van der Waals surface area contributed by atoms with Gasteiger partial charge in [-0.15, -0.1) is 0 Å². The quantitative estimate of drug-likeness (QED) is 0.428. The molecule has 0 amide bonds. The molecule has 0 spiro atoms. The maximum atomic E-state index is 12.4. The van der Waals surface area contributed by atoms with E-state index in [-0.39, 0.29) is 18.4 Å². The van der Waals surface area contributed by atoms with Crippen LogP contribution < -0.4 is 9.46 Å². The Morgan fingerprint density at radius 1 is 1.25 bits per heavy atom. The Morgan fingerprint density at radius 3 is 2.68 bits per heavy atom. The average molecular weight is 408 g/mol. The Kier molecular flexibility index (Phi) is 8.73. The van der Waals surface area contributed by atoms with Crippen molar-refractivity contribution in [1.82, 2.24) is 4.72 Å². The normalized spacial score (nSPS) is 20.2. The van der Waals surface area contributed by atoms with Crippen LogP contribution in [0.4, 0.5) is 0 Å². The van der Waals surface area contributed by atoms with E-state index in [2.05, 4.69) is 4.72 Å². The van der Waals surface area contributed by atoms with Crippen molar-refractivity contribution in [2.75, 3.05) is 7.11 Å². The molecule has 2 N–H and O–H groups in total. The zero-order valence-corrected chi connectivity index (χ0v) is 17.0. The van der Waals surface area contributed by atoms with Gasteiger partial charge in [0, 0.05) is 17.9 Å². The van der Waals surface area contributed by atoms with Crippen molar-refractivity contribution in [3.63, 3.8) is 0 Å². The average Bonchev–Trinajstić information content (AvgIpc) is 3.09. The van der Waals surface area contributed by atoms with Gasteiger partial charge in [0.05, 0.1) is 7.11 Å². The fourth-order valence-corrected chi connectivity index (χ4v) is 4.51. The lowest BCUT2D eigenvalue weighted by molar-refractivity contribution is -0.137. The fourth-order valence-electron chi connectivity index (χ4n) is 3.37. The first-order chi connectivity index (χ1) is 13.4. The number of ether oxygens (including phenoxy) is 1. The molecule has 0 saturated heterocycles. The number of rotatable bonds is 11. The number of hydrogen-bond donors (Lipinski definition) is 2. The van der Waals surface area contributed by atoms with Gasteiger partial charge in [0.25, 0.3) is 0 Å². The minimum absolute atomic E-state index is 0.0609. The van der Waals surface area contributed by atoms with Gasteiger partial charge in [-0.25, -0.2) is 13.1 Å². The molecule has 1 aliphatic rings. The van der Waals surface area contributed by atoms with E-state index < -0.39 is 16.0 Å². The summed E-state index contributed by atoms with van der Waals surface area (Å²) in [5, 5.41) is 9.84. The van der Waals surface area contributed by atoms with Crippen LogP contribution in [0.2, 0.25) is 0 Å². The van der Waals surface area contributed by atoms with Crippen molar-refractivity contribution in [3.8, 4) is 5.75 Å². The Labute approximate surface area is 167 Å². The second kappa shape index (κ2) is 11.0. The first-order valence-corrected chi connectivity index (χ1v) is 11.2. The maximum Gasteiger partial charge on any atom is 0.303 e.